The summed E-state index contributed by atoms with van der Waals surface area (Å²) >= 11 is 0. The predicted octanol–water partition coefficient (Wildman–Crippen LogP) is 2.85. The normalized spacial score (nSPS) is 16.1. The van der Waals surface area contributed by atoms with Gasteiger partial charge in [-0.25, -0.2) is 13.2 Å². The van der Waals surface area contributed by atoms with Gasteiger partial charge < -0.3 is 9.64 Å². The van der Waals surface area contributed by atoms with E-state index in [0.29, 0.717) is 0 Å². The van der Waals surface area contributed by atoms with Crippen molar-refractivity contribution in [2.45, 2.75) is 44.2 Å². The molecule has 1 unspecified atom stereocenters. The lowest BCUT2D eigenvalue weighted by Crippen LogP contribution is -2.38. The Morgan fingerprint density at radius 2 is 1.87 bits per heavy atom. The average molecular weight is 431 g/mol. The Morgan fingerprint density at radius 3 is 2.57 bits per heavy atom. The van der Waals surface area contributed by atoms with Gasteiger partial charge in [-0.05, 0) is 57.0 Å². The lowest BCUT2D eigenvalue weighted by atomic mass is 10.1. The largest absolute Gasteiger partial charge is 0.452 e. The van der Waals surface area contributed by atoms with E-state index in [9.17, 15) is 18.0 Å². The van der Waals surface area contributed by atoms with E-state index in [-0.39, 0.29) is 28.4 Å². The van der Waals surface area contributed by atoms with Crippen LogP contribution in [0.25, 0.3) is 0 Å². The third-order valence-electron chi connectivity index (χ3n) is 5.28. The highest BCUT2D eigenvalue weighted by atomic mass is 32.2. The fourth-order valence-electron chi connectivity index (χ4n) is 3.45. The van der Waals surface area contributed by atoms with E-state index in [1.54, 1.807) is 18.7 Å². The molecule has 1 aliphatic heterocycles. The van der Waals surface area contributed by atoms with Crippen LogP contribution >= 0.6 is 0 Å². The third-order valence-corrected chi connectivity index (χ3v) is 7.31. The molecule has 1 amide bonds. The second-order valence-electron chi connectivity index (χ2n) is 7.66. The van der Waals surface area contributed by atoms with E-state index in [2.05, 4.69) is 0 Å². The average Bonchev–Trinajstić information content (AvgIpc) is 3.06. The molecule has 8 heteroatoms. The monoisotopic (exact) mass is 430 g/mol. The molecule has 0 N–H and O–H groups in total. The number of rotatable bonds is 6. The van der Waals surface area contributed by atoms with Gasteiger partial charge in [0.2, 0.25) is 10.0 Å². The Hall–Kier alpha value is -2.71. The lowest BCUT2D eigenvalue weighted by Gasteiger charge is -2.22. The molecule has 1 aliphatic rings. The number of amides is 1. The predicted molar refractivity (Wildman–Crippen MR) is 114 cm³/mol. The second-order valence-corrected chi connectivity index (χ2v) is 9.66. The molecule has 2 aromatic rings. The Morgan fingerprint density at radius 1 is 1.17 bits per heavy atom. The maximum absolute atomic E-state index is 12.7. The van der Waals surface area contributed by atoms with Gasteiger partial charge in [0, 0.05) is 24.8 Å². The Labute approximate surface area is 177 Å². The minimum Gasteiger partial charge on any atom is -0.452 e. The molecule has 3 rings (SSSR count). The summed E-state index contributed by atoms with van der Waals surface area (Å²) in [5, 5.41) is 0. The van der Waals surface area contributed by atoms with E-state index < -0.39 is 22.6 Å². The highest BCUT2D eigenvalue weighted by Crippen LogP contribution is 2.31. The summed E-state index contributed by atoms with van der Waals surface area (Å²) in [7, 11) is -2.24. The summed E-state index contributed by atoms with van der Waals surface area (Å²) < 4.78 is 31.7. The van der Waals surface area contributed by atoms with Crippen molar-refractivity contribution in [3.8, 4) is 0 Å². The van der Waals surface area contributed by atoms with Gasteiger partial charge >= 0.3 is 5.97 Å². The summed E-state index contributed by atoms with van der Waals surface area (Å²) in [6, 6.07) is 13.0. The molecular weight excluding hydrogens is 404 g/mol. The van der Waals surface area contributed by atoms with E-state index in [1.807, 2.05) is 31.2 Å². The van der Waals surface area contributed by atoms with Crippen molar-refractivity contribution in [1.82, 2.24) is 4.31 Å². The molecule has 0 aromatic heterocycles. The van der Waals surface area contributed by atoms with Crippen LogP contribution in [0.4, 0.5) is 5.69 Å². The summed E-state index contributed by atoms with van der Waals surface area (Å²) in [5.74, 6) is -1.06. The molecule has 0 aliphatic carbocycles. The molecule has 0 saturated carbocycles. The number of benzene rings is 2. The van der Waals surface area contributed by atoms with Crippen LogP contribution in [0.3, 0.4) is 0 Å². The number of anilines is 1. The van der Waals surface area contributed by atoms with E-state index in [0.717, 1.165) is 17.7 Å². The smallest absolute Gasteiger partial charge is 0.338 e. The fourth-order valence-corrected chi connectivity index (χ4v) is 4.87. The molecule has 0 spiro atoms. The zero-order chi connectivity index (χ0) is 22.1. The minimum absolute atomic E-state index is 0.00145. The highest BCUT2D eigenvalue weighted by molar-refractivity contribution is 7.89. The zero-order valence-corrected chi connectivity index (χ0v) is 18.3. The van der Waals surface area contributed by atoms with Crippen molar-refractivity contribution in [3.63, 3.8) is 0 Å². The fraction of sp³-hybridized carbons (Fsp3) is 0.364. The first-order valence-corrected chi connectivity index (χ1v) is 11.2. The van der Waals surface area contributed by atoms with Crippen LogP contribution < -0.4 is 4.90 Å². The third kappa shape index (κ3) is 4.24. The van der Waals surface area contributed by atoms with Gasteiger partial charge in [0.1, 0.15) is 0 Å². The van der Waals surface area contributed by atoms with Crippen LogP contribution in [0.1, 0.15) is 36.7 Å². The number of ether oxygens (including phenoxy) is 1. The Kier molecular flexibility index (Phi) is 6.28. The van der Waals surface area contributed by atoms with Gasteiger partial charge in [-0.3, -0.25) is 4.79 Å². The van der Waals surface area contributed by atoms with E-state index in [4.69, 9.17) is 4.74 Å². The standard InChI is InChI=1S/C22H26N2O5S/c1-15(2)23(4)30(27,28)19-10-7-9-18(13-19)22(26)29-14-21(25)24-16(3)12-17-8-5-6-11-20(17)24/h5-11,13,15-16H,12,14H2,1-4H3. The molecule has 0 saturated heterocycles. The van der Waals surface area contributed by atoms with Crippen LogP contribution in [-0.4, -0.2) is 50.3 Å². The molecule has 0 radical (unpaired) electrons. The molecule has 7 nitrogen and oxygen atoms in total. The number of hydrogen-bond donors (Lipinski definition) is 0. The number of nitrogens with zero attached hydrogens (tertiary/aromatic N) is 2. The quantitative estimate of drug-likeness (QED) is 0.658. The number of fused-ring (bicyclic) bond motifs is 1. The summed E-state index contributed by atoms with van der Waals surface area (Å²) in [5.41, 5.74) is 1.99. The number of carbonyl (C=O) groups excluding carboxylic acids is 2. The summed E-state index contributed by atoms with van der Waals surface area (Å²) in [6.07, 6.45) is 0.749. The van der Waals surface area contributed by atoms with Crippen LogP contribution in [0, 0.1) is 0 Å². The maximum Gasteiger partial charge on any atom is 0.338 e. The first-order valence-electron chi connectivity index (χ1n) is 9.78. The van der Waals surface area contributed by atoms with Crippen LogP contribution in [0.15, 0.2) is 53.4 Å². The molecule has 30 heavy (non-hydrogen) atoms. The summed E-state index contributed by atoms with van der Waals surface area (Å²) in [6.45, 7) is 5.05. The van der Waals surface area contributed by atoms with Crippen molar-refractivity contribution in [2.75, 3.05) is 18.6 Å². The van der Waals surface area contributed by atoms with Gasteiger partial charge in [0.05, 0.1) is 10.5 Å². The molecule has 1 atom stereocenters. The van der Waals surface area contributed by atoms with Crippen LogP contribution in [-0.2, 0) is 26.0 Å². The SMILES string of the molecule is CC1Cc2ccccc2N1C(=O)COC(=O)c1cccc(S(=O)(=O)N(C)C(C)C)c1. The molecule has 0 bridgehead atoms. The minimum atomic E-state index is -3.73. The molecule has 0 fully saturated rings. The molecule has 1 heterocycles. The number of hydrogen-bond acceptors (Lipinski definition) is 5. The number of para-hydroxylation sites is 1. The number of carbonyl (C=O) groups is 2. The van der Waals surface area contributed by atoms with Crippen molar-refractivity contribution in [1.29, 1.82) is 0 Å². The van der Waals surface area contributed by atoms with E-state index in [1.165, 1.54) is 35.6 Å². The van der Waals surface area contributed by atoms with Crippen LogP contribution in [0.5, 0.6) is 0 Å². The van der Waals surface area contributed by atoms with Gasteiger partial charge in [0.15, 0.2) is 6.61 Å². The van der Waals surface area contributed by atoms with Gasteiger partial charge in [-0.15, -0.1) is 0 Å². The Bertz CT molecular complexity index is 1060. The van der Waals surface area contributed by atoms with Crippen LogP contribution in [0.2, 0.25) is 0 Å². The molecule has 2 aromatic carbocycles. The van der Waals surface area contributed by atoms with E-state index >= 15 is 0 Å². The lowest BCUT2D eigenvalue weighted by molar-refractivity contribution is -0.122. The van der Waals surface area contributed by atoms with Crippen molar-refractivity contribution in [2.24, 2.45) is 0 Å². The topological polar surface area (TPSA) is 84.0 Å². The number of esters is 1. The molecule has 160 valence electrons. The molecular formula is C22H26N2O5S. The first-order chi connectivity index (χ1) is 14.1. The number of sulfonamides is 1. The first kappa shape index (κ1) is 22.0. The second kappa shape index (κ2) is 8.57. The van der Waals surface area contributed by atoms with Crippen molar-refractivity contribution < 1.29 is 22.7 Å². The van der Waals surface area contributed by atoms with Crippen molar-refractivity contribution in [3.05, 3.63) is 59.7 Å². The summed E-state index contributed by atoms with van der Waals surface area (Å²) in [4.78, 5) is 26.8. The zero-order valence-electron chi connectivity index (χ0n) is 17.5. The van der Waals surface area contributed by atoms with Gasteiger partial charge in [-0.1, -0.05) is 24.3 Å². The van der Waals surface area contributed by atoms with Gasteiger partial charge in [-0.2, -0.15) is 4.31 Å². The van der Waals surface area contributed by atoms with Gasteiger partial charge in [0.25, 0.3) is 5.91 Å². The maximum atomic E-state index is 12.7. The van der Waals surface area contributed by atoms with Crippen molar-refractivity contribution >= 4 is 27.6 Å². The highest BCUT2D eigenvalue weighted by Gasteiger charge is 2.31. The Balaban J connectivity index is 1.71.